The maximum absolute atomic E-state index is 12.9. The fourth-order valence-corrected chi connectivity index (χ4v) is 4.51. The Labute approximate surface area is 147 Å². The summed E-state index contributed by atoms with van der Waals surface area (Å²) in [5, 5.41) is 7.71. The van der Waals surface area contributed by atoms with Gasteiger partial charge in [-0.1, -0.05) is 6.07 Å². The lowest BCUT2D eigenvalue weighted by atomic mass is 9.98. The summed E-state index contributed by atoms with van der Waals surface area (Å²) in [6.07, 6.45) is 7.70. The second kappa shape index (κ2) is 5.61. The molecule has 0 fully saturated rings. The van der Waals surface area contributed by atoms with E-state index in [1.54, 1.807) is 6.07 Å². The third-order valence-electron chi connectivity index (χ3n) is 5.85. The molecule has 1 aliphatic heterocycles. The summed E-state index contributed by atoms with van der Waals surface area (Å²) in [7, 11) is 0. The first-order valence-corrected chi connectivity index (χ1v) is 9.41. The van der Waals surface area contributed by atoms with Gasteiger partial charge < -0.3 is 10.1 Å². The van der Waals surface area contributed by atoms with E-state index in [1.807, 2.05) is 4.68 Å². The quantitative estimate of drug-likeness (QED) is 0.913. The molecule has 1 aromatic heterocycles. The van der Waals surface area contributed by atoms with E-state index in [0.717, 1.165) is 37.8 Å². The molecular formula is C20H23N3O2. The Hall–Kier alpha value is -2.30. The number of aromatic nitrogens is 2. The van der Waals surface area contributed by atoms with Crippen LogP contribution in [0.5, 0.6) is 5.88 Å². The number of nitrogens with one attached hydrogen (secondary N) is 1. The van der Waals surface area contributed by atoms with Gasteiger partial charge >= 0.3 is 0 Å². The lowest BCUT2D eigenvalue weighted by molar-refractivity contribution is 0.102. The van der Waals surface area contributed by atoms with E-state index in [4.69, 9.17) is 4.74 Å². The van der Waals surface area contributed by atoms with E-state index in [9.17, 15) is 4.79 Å². The van der Waals surface area contributed by atoms with E-state index >= 15 is 0 Å². The summed E-state index contributed by atoms with van der Waals surface area (Å²) < 4.78 is 7.47. The van der Waals surface area contributed by atoms with E-state index in [2.05, 4.69) is 23.4 Å². The van der Waals surface area contributed by atoms with Gasteiger partial charge in [0, 0.05) is 18.2 Å². The molecular weight excluding hydrogens is 314 g/mol. The number of anilines is 1. The van der Waals surface area contributed by atoms with Crippen molar-refractivity contribution in [3.8, 4) is 5.88 Å². The maximum atomic E-state index is 12.9. The van der Waals surface area contributed by atoms with Crippen LogP contribution in [0.2, 0.25) is 0 Å². The average molecular weight is 337 g/mol. The number of benzene rings is 1. The normalized spacial score (nSPS) is 20.6. The first-order chi connectivity index (χ1) is 12.2. The number of carbonyl (C=O) groups excluding carboxylic acids is 1. The summed E-state index contributed by atoms with van der Waals surface area (Å²) in [6, 6.07) is 4.43. The van der Waals surface area contributed by atoms with E-state index < -0.39 is 0 Å². The fourth-order valence-electron chi connectivity index (χ4n) is 4.51. The highest BCUT2D eigenvalue weighted by atomic mass is 16.5. The highest BCUT2D eigenvalue weighted by Gasteiger charge is 2.27. The Kier molecular flexibility index (Phi) is 3.37. The van der Waals surface area contributed by atoms with Crippen LogP contribution < -0.4 is 10.1 Å². The number of ether oxygens (including phenoxy) is 1. The maximum Gasteiger partial charge on any atom is 0.276 e. The molecule has 0 spiro atoms. The van der Waals surface area contributed by atoms with Crippen molar-refractivity contribution in [2.45, 2.75) is 57.9 Å². The van der Waals surface area contributed by atoms with Gasteiger partial charge in [0.05, 0.1) is 12.6 Å². The molecule has 1 unspecified atom stereocenters. The largest absolute Gasteiger partial charge is 0.478 e. The van der Waals surface area contributed by atoms with Gasteiger partial charge in [-0.25, -0.2) is 4.68 Å². The summed E-state index contributed by atoms with van der Waals surface area (Å²) in [5.74, 6) is 0.583. The molecule has 1 aromatic carbocycles. The summed E-state index contributed by atoms with van der Waals surface area (Å²) in [4.78, 5) is 12.9. The first-order valence-electron chi connectivity index (χ1n) is 9.41. The average Bonchev–Trinajstić information content (AvgIpc) is 3.33. The molecule has 0 saturated heterocycles. The standard InChI is InChI=1S/C20H23N3O2/c1-12-8-9-25-18-11-17(22-23(12)18)20(24)21-19-15-6-2-4-13(15)10-14-5-3-7-16(14)19/h10-12H,2-9H2,1H3,(H,21,24). The van der Waals surface area contributed by atoms with Crippen LogP contribution in [0, 0.1) is 0 Å². The zero-order chi connectivity index (χ0) is 17.0. The fraction of sp³-hybridized carbons (Fsp3) is 0.500. The number of carbonyl (C=O) groups is 1. The van der Waals surface area contributed by atoms with Gasteiger partial charge in [-0.05, 0) is 67.7 Å². The second-order valence-corrected chi connectivity index (χ2v) is 7.49. The van der Waals surface area contributed by atoms with Crippen molar-refractivity contribution in [2.24, 2.45) is 0 Å². The van der Waals surface area contributed by atoms with Gasteiger partial charge in [0.2, 0.25) is 5.88 Å². The Bertz CT molecular complexity index is 836. The molecule has 2 aromatic rings. The molecule has 1 N–H and O–H groups in total. The molecule has 5 nitrogen and oxygen atoms in total. The molecule has 0 saturated carbocycles. The zero-order valence-electron chi connectivity index (χ0n) is 14.6. The molecule has 3 aliphatic rings. The Morgan fingerprint density at radius 1 is 1.16 bits per heavy atom. The number of nitrogens with zero attached hydrogens (tertiary/aromatic N) is 2. The minimum atomic E-state index is -0.118. The van der Waals surface area contributed by atoms with Crippen molar-refractivity contribution in [3.63, 3.8) is 0 Å². The lowest BCUT2D eigenvalue weighted by Gasteiger charge is -2.20. The van der Waals surface area contributed by atoms with Gasteiger partial charge in [-0.2, -0.15) is 5.10 Å². The van der Waals surface area contributed by atoms with Crippen LogP contribution in [-0.4, -0.2) is 22.3 Å². The molecule has 0 radical (unpaired) electrons. The predicted octanol–water partition coefficient (Wildman–Crippen LogP) is 3.46. The van der Waals surface area contributed by atoms with Crippen LogP contribution in [0.15, 0.2) is 12.1 Å². The van der Waals surface area contributed by atoms with Gasteiger partial charge in [0.15, 0.2) is 5.69 Å². The van der Waals surface area contributed by atoms with Gasteiger partial charge in [-0.15, -0.1) is 0 Å². The number of hydrogen-bond donors (Lipinski definition) is 1. The first kappa shape index (κ1) is 15.0. The number of aryl methyl sites for hydroxylation is 2. The van der Waals surface area contributed by atoms with Crippen LogP contribution in [0.4, 0.5) is 5.69 Å². The second-order valence-electron chi connectivity index (χ2n) is 7.49. The van der Waals surface area contributed by atoms with Crippen molar-refractivity contribution in [1.29, 1.82) is 0 Å². The van der Waals surface area contributed by atoms with Gasteiger partial charge in [0.25, 0.3) is 5.91 Å². The van der Waals surface area contributed by atoms with Crippen LogP contribution in [-0.2, 0) is 25.7 Å². The smallest absolute Gasteiger partial charge is 0.276 e. The van der Waals surface area contributed by atoms with Crippen molar-refractivity contribution < 1.29 is 9.53 Å². The van der Waals surface area contributed by atoms with Crippen LogP contribution >= 0.6 is 0 Å². The molecule has 130 valence electrons. The molecule has 1 amide bonds. The van der Waals surface area contributed by atoms with Crippen molar-refractivity contribution in [3.05, 3.63) is 40.1 Å². The van der Waals surface area contributed by atoms with Crippen molar-refractivity contribution >= 4 is 11.6 Å². The summed E-state index contributed by atoms with van der Waals surface area (Å²) in [5.41, 5.74) is 7.08. The SMILES string of the molecule is CC1CCOc2cc(C(=O)Nc3c4c(cc5c3CCC5)CCC4)nn21. The number of fused-ring (bicyclic) bond motifs is 3. The van der Waals surface area contributed by atoms with E-state index in [0.29, 0.717) is 18.2 Å². The Morgan fingerprint density at radius 3 is 2.56 bits per heavy atom. The molecule has 25 heavy (non-hydrogen) atoms. The minimum absolute atomic E-state index is 0.118. The molecule has 2 heterocycles. The van der Waals surface area contributed by atoms with Crippen LogP contribution in [0.1, 0.15) is 65.0 Å². The van der Waals surface area contributed by atoms with Crippen molar-refractivity contribution in [1.82, 2.24) is 9.78 Å². The highest BCUT2D eigenvalue weighted by molar-refractivity contribution is 6.04. The molecule has 5 rings (SSSR count). The minimum Gasteiger partial charge on any atom is -0.478 e. The lowest BCUT2D eigenvalue weighted by Crippen LogP contribution is -2.20. The Morgan fingerprint density at radius 2 is 1.88 bits per heavy atom. The number of amides is 1. The zero-order valence-corrected chi connectivity index (χ0v) is 14.6. The number of rotatable bonds is 2. The molecule has 0 bridgehead atoms. The van der Waals surface area contributed by atoms with Gasteiger partial charge in [0.1, 0.15) is 0 Å². The van der Waals surface area contributed by atoms with Gasteiger partial charge in [-0.3, -0.25) is 4.79 Å². The van der Waals surface area contributed by atoms with E-state index in [-0.39, 0.29) is 11.9 Å². The monoisotopic (exact) mass is 337 g/mol. The number of hydrogen-bond acceptors (Lipinski definition) is 3. The molecule has 5 heteroatoms. The van der Waals surface area contributed by atoms with Crippen LogP contribution in [0.25, 0.3) is 0 Å². The summed E-state index contributed by atoms with van der Waals surface area (Å²) >= 11 is 0. The third kappa shape index (κ3) is 2.36. The Balaban J connectivity index is 1.49. The summed E-state index contributed by atoms with van der Waals surface area (Å²) in [6.45, 7) is 2.80. The molecule has 1 atom stereocenters. The predicted molar refractivity (Wildman–Crippen MR) is 95.5 cm³/mol. The highest BCUT2D eigenvalue weighted by Crippen LogP contribution is 2.39. The van der Waals surface area contributed by atoms with Crippen LogP contribution in [0.3, 0.4) is 0 Å². The topological polar surface area (TPSA) is 56.1 Å². The third-order valence-corrected chi connectivity index (χ3v) is 5.85. The van der Waals surface area contributed by atoms with Crippen molar-refractivity contribution in [2.75, 3.05) is 11.9 Å². The molecule has 2 aliphatic carbocycles. The van der Waals surface area contributed by atoms with E-state index in [1.165, 1.54) is 35.1 Å².